The molecule has 0 fully saturated rings. The molecule has 0 spiro atoms. The molecule has 0 aromatic rings. The number of unbranched alkanes of at least 4 members (excludes halogenated alkanes) is 34. The Morgan fingerprint density at radius 3 is 0.857 bits per heavy atom. The Morgan fingerprint density at radius 1 is 0.286 bits per heavy atom. The molecule has 0 radical (unpaired) electrons. The highest BCUT2D eigenvalue weighted by Crippen LogP contribution is 2.16. The van der Waals surface area contributed by atoms with E-state index in [9.17, 15) is 14.4 Å². The van der Waals surface area contributed by atoms with Gasteiger partial charge in [-0.15, -0.1) is 0 Å². The van der Waals surface area contributed by atoms with Crippen LogP contribution >= 0.6 is 0 Å². The average molecular weight is 980 g/mol. The molecule has 0 heterocycles. The minimum atomic E-state index is -0.781. The number of esters is 3. The number of carbonyl (C=O) groups is 3. The van der Waals surface area contributed by atoms with Crippen molar-refractivity contribution in [3.05, 3.63) is 60.8 Å². The minimum Gasteiger partial charge on any atom is -0.462 e. The number of carbonyl (C=O) groups excluding carboxylic acids is 3. The van der Waals surface area contributed by atoms with E-state index in [0.29, 0.717) is 19.3 Å². The second kappa shape index (κ2) is 58.7. The normalized spacial score (nSPS) is 12.4. The molecule has 0 aliphatic rings. The average Bonchev–Trinajstić information content (AvgIpc) is 3.36. The van der Waals surface area contributed by atoms with Crippen molar-refractivity contribution in [3.63, 3.8) is 0 Å². The van der Waals surface area contributed by atoms with Crippen molar-refractivity contribution < 1.29 is 28.6 Å². The summed E-state index contributed by atoms with van der Waals surface area (Å²) in [5.74, 6) is -0.887. The maximum Gasteiger partial charge on any atom is 0.306 e. The van der Waals surface area contributed by atoms with Crippen LogP contribution in [0.15, 0.2) is 60.8 Å². The monoisotopic (exact) mass is 979 g/mol. The minimum absolute atomic E-state index is 0.0802. The van der Waals surface area contributed by atoms with E-state index in [2.05, 4.69) is 81.5 Å². The second-order valence-electron chi connectivity index (χ2n) is 20.3. The first-order chi connectivity index (χ1) is 34.5. The molecule has 0 aliphatic carbocycles. The lowest BCUT2D eigenvalue weighted by Crippen LogP contribution is -2.30. The van der Waals surface area contributed by atoms with Crippen LogP contribution in [0.5, 0.6) is 0 Å². The van der Waals surface area contributed by atoms with Gasteiger partial charge in [0.15, 0.2) is 6.10 Å². The first kappa shape index (κ1) is 67.1. The molecule has 70 heavy (non-hydrogen) atoms. The predicted octanol–water partition coefficient (Wildman–Crippen LogP) is 20.4. The lowest BCUT2D eigenvalue weighted by atomic mass is 10.0. The van der Waals surface area contributed by atoms with E-state index in [0.717, 1.165) is 103 Å². The zero-order valence-corrected chi connectivity index (χ0v) is 46.5. The zero-order chi connectivity index (χ0) is 50.7. The van der Waals surface area contributed by atoms with E-state index < -0.39 is 6.10 Å². The summed E-state index contributed by atoms with van der Waals surface area (Å²) in [7, 11) is 0. The number of hydrogen-bond donors (Lipinski definition) is 0. The molecule has 0 saturated carbocycles. The lowest BCUT2D eigenvalue weighted by Gasteiger charge is -2.18. The Hall–Kier alpha value is -2.89. The van der Waals surface area contributed by atoms with Gasteiger partial charge in [0.2, 0.25) is 0 Å². The molecule has 6 nitrogen and oxygen atoms in total. The van der Waals surface area contributed by atoms with E-state index in [1.807, 2.05) is 0 Å². The molecule has 406 valence electrons. The van der Waals surface area contributed by atoms with Crippen LogP contribution < -0.4 is 0 Å². The van der Waals surface area contributed by atoms with Crippen LogP contribution in [0.25, 0.3) is 0 Å². The molecule has 0 rings (SSSR count). The standard InChI is InChI=1S/C64H114O6/c1-4-7-10-13-16-19-22-25-27-29-30-31-32-33-34-35-37-39-42-45-48-51-54-57-63(66)69-60-61(59-68-62(65)56-53-50-47-44-41-38-24-21-18-15-12-9-6-3)70-64(67)58-55-52-49-46-43-40-36-28-26-23-20-17-14-11-8-5-2/h12,15,21-22,24-25,29-30,32-33,61H,4-11,13-14,16-20,23,26-28,31,34-60H2,1-3H3/b15-12-,24-21-,25-22-,30-29-,33-32-. The molecule has 0 bridgehead atoms. The molecule has 0 amide bonds. The second-order valence-corrected chi connectivity index (χ2v) is 20.3. The summed E-state index contributed by atoms with van der Waals surface area (Å²) in [4.78, 5) is 38.2. The fourth-order valence-corrected chi connectivity index (χ4v) is 8.67. The number of ether oxygens (including phenoxy) is 3. The number of allylic oxidation sites excluding steroid dienone is 10. The Bertz CT molecular complexity index is 1260. The quantitative estimate of drug-likeness (QED) is 0.0261. The van der Waals surface area contributed by atoms with Crippen molar-refractivity contribution in [1.29, 1.82) is 0 Å². The Balaban J connectivity index is 4.33. The van der Waals surface area contributed by atoms with E-state index >= 15 is 0 Å². The predicted molar refractivity (Wildman–Crippen MR) is 302 cm³/mol. The maximum atomic E-state index is 12.9. The van der Waals surface area contributed by atoms with Gasteiger partial charge in [0.05, 0.1) is 0 Å². The first-order valence-electron chi connectivity index (χ1n) is 30.3. The summed E-state index contributed by atoms with van der Waals surface area (Å²) in [6.45, 7) is 6.58. The molecular formula is C64H114O6. The Morgan fingerprint density at radius 2 is 0.543 bits per heavy atom. The van der Waals surface area contributed by atoms with Crippen molar-refractivity contribution in [3.8, 4) is 0 Å². The van der Waals surface area contributed by atoms with Crippen LogP contribution in [0.2, 0.25) is 0 Å². The van der Waals surface area contributed by atoms with Gasteiger partial charge in [-0.05, 0) is 83.5 Å². The van der Waals surface area contributed by atoms with Crippen molar-refractivity contribution in [2.24, 2.45) is 0 Å². The maximum absolute atomic E-state index is 12.9. The van der Waals surface area contributed by atoms with Crippen LogP contribution in [-0.4, -0.2) is 37.2 Å². The van der Waals surface area contributed by atoms with Crippen LogP contribution in [0.1, 0.15) is 310 Å². The molecule has 0 aliphatic heterocycles. The fourth-order valence-electron chi connectivity index (χ4n) is 8.67. The third-order valence-electron chi connectivity index (χ3n) is 13.2. The number of rotatable bonds is 55. The summed E-state index contributed by atoms with van der Waals surface area (Å²) in [5, 5.41) is 0. The van der Waals surface area contributed by atoms with Crippen LogP contribution in [0, 0.1) is 0 Å². The van der Waals surface area contributed by atoms with Gasteiger partial charge in [0.1, 0.15) is 13.2 Å². The summed E-state index contributed by atoms with van der Waals surface area (Å²) < 4.78 is 16.9. The molecular weight excluding hydrogens is 865 g/mol. The molecule has 0 saturated heterocycles. The van der Waals surface area contributed by atoms with Crippen LogP contribution in [0.3, 0.4) is 0 Å². The summed E-state index contributed by atoms with van der Waals surface area (Å²) in [5.41, 5.74) is 0. The number of hydrogen-bond acceptors (Lipinski definition) is 6. The van der Waals surface area contributed by atoms with Crippen LogP contribution in [0.4, 0.5) is 0 Å². The van der Waals surface area contributed by atoms with Crippen molar-refractivity contribution in [1.82, 2.24) is 0 Å². The van der Waals surface area contributed by atoms with Gasteiger partial charge >= 0.3 is 17.9 Å². The van der Waals surface area contributed by atoms with E-state index in [-0.39, 0.29) is 31.1 Å². The first-order valence-corrected chi connectivity index (χ1v) is 30.3. The largest absolute Gasteiger partial charge is 0.462 e. The summed E-state index contributed by atoms with van der Waals surface area (Å²) in [6.07, 6.45) is 73.6. The molecule has 1 atom stereocenters. The Kier molecular flexibility index (Phi) is 56.3. The molecule has 0 aromatic carbocycles. The summed E-state index contributed by atoms with van der Waals surface area (Å²) >= 11 is 0. The summed E-state index contributed by atoms with van der Waals surface area (Å²) in [6, 6.07) is 0. The van der Waals surface area contributed by atoms with Crippen molar-refractivity contribution >= 4 is 17.9 Å². The Labute approximate surface area is 434 Å². The van der Waals surface area contributed by atoms with Gasteiger partial charge in [-0.1, -0.05) is 268 Å². The van der Waals surface area contributed by atoms with Gasteiger partial charge in [0.25, 0.3) is 0 Å². The van der Waals surface area contributed by atoms with Crippen molar-refractivity contribution in [2.45, 2.75) is 316 Å². The van der Waals surface area contributed by atoms with E-state index in [1.165, 1.54) is 167 Å². The topological polar surface area (TPSA) is 78.9 Å². The van der Waals surface area contributed by atoms with Gasteiger partial charge in [-0.25, -0.2) is 0 Å². The molecule has 1 unspecified atom stereocenters. The highest BCUT2D eigenvalue weighted by molar-refractivity contribution is 5.71. The zero-order valence-electron chi connectivity index (χ0n) is 46.5. The van der Waals surface area contributed by atoms with Gasteiger partial charge in [-0.2, -0.15) is 0 Å². The third kappa shape index (κ3) is 56.0. The van der Waals surface area contributed by atoms with Crippen molar-refractivity contribution in [2.75, 3.05) is 13.2 Å². The van der Waals surface area contributed by atoms with Gasteiger partial charge in [-0.3, -0.25) is 14.4 Å². The van der Waals surface area contributed by atoms with E-state index in [4.69, 9.17) is 14.2 Å². The van der Waals surface area contributed by atoms with E-state index in [1.54, 1.807) is 0 Å². The smallest absolute Gasteiger partial charge is 0.306 e. The molecule has 0 aromatic heterocycles. The van der Waals surface area contributed by atoms with Gasteiger partial charge in [0, 0.05) is 19.3 Å². The third-order valence-corrected chi connectivity index (χ3v) is 13.2. The highest BCUT2D eigenvalue weighted by atomic mass is 16.6. The lowest BCUT2D eigenvalue weighted by molar-refractivity contribution is -0.167. The molecule has 6 heteroatoms. The van der Waals surface area contributed by atoms with Gasteiger partial charge < -0.3 is 14.2 Å². The fraction of sp³-hybridized carbons (Fsp3) is 0.797. The highest BCUT2D eigenvalue weighted by Gasteiger charge is 2.19. The SMILES string of the molecule is CCC/C=C\C/C=C\CCCCCCCC(=O)OCC(COC(=O)CCCCCCCCCC/C=C\C/C=C\C/C=C\CCCCCCC)OC(=O)CCCCCCCCCCCCCCCCCC. The van der Waals surface area contributed by atoms with Crippen LogP contribution in [-0.2, 0) is 28.6 Å². The molecule has 0 N–H and O–H groups in total.